The Morgan fingerprint density at radius 3 is 2.68 bits per heavy atom. The van der Waals surface area contributed by atoms with Gasteiger partial charge in [-0.3, -0.25) is 0 Å². The van der Waals surface area contributed by atoms with Gasteiger partial charge < -0.3 is 9.47 Å². The third-order valence-electron chi connectivity index (χ3n) is 4.76. The first kappa shape index (κ1) is 12.1. The molecule has 0 aromatic heterocycles. The largest absolute Gasteiger partial charge is 0.347 e. The van der Waals surface area contributed by atoms with Crippen molar-refractivity contribution in [2.24, 2.45) is 0 Å². The molecular formula is C16H17BrO2. The van der Waals surface area contributed by atoms with Gasteiger partial charge in [0.15, 0.2) is 5.79 Å². The zero-order valence-corrected chi connectivity index (χ0v) is 12.4. The second-order valence-corrected chi connectivity index (χ2v) is 6.65. The molecule has 0 N–H and O–H groups in total. The summed E-state index contributed by atoms with van der Waals surface area (Å²) in [4.78, 5) is 0. The topological polar surface area (TPSA) is 18.5 Å². The molecule has 2 nitrogen and oxygen atoms in total. The highest BCUT2D eigenvalue weighted by atomic mass is 79.9. The van der Waals surface area contributed by atoms with Crippen molar-refractivity contribution in [2.45, 2.75) is 36.9 Å². The predicted octanol–water partition coefficient (Wildman–Crippen LogP) is 3.99. The average Bonchev–Trinajstić information content (AvgIpc) is 2.96. The summed E-state index contributed by atoms with van der Waals surface area (Å²) in [5.41, 5.74) is 2.84. The van der Waals surface area contributed by atoms with Crippen LogP contribution in [0.4, 0.5) is 0 Å². The van der Waals surface area contributed by atoms with E-state index in [1.165, 1.54) is 22.0 Å². The van der Waals surface area contributed by atoms with Crippen LogP contribution in [0.1, 0.15) is 36.8 Å². The molecule has 2 spiro atoms. The monoisotopic (exact) mass is 320 g/mol. The van der Waals surface area contributed by atoms with Gasteiger partial charge in [-0.25, -0.2) is 0 Å². The van der Waals surface area contributed by atoms with Crippen molar-refractivity contribution in [3.63, 3.8) is 0 Å². The standard InChI is InChI=1S/C16H17BrO2/c17-14-10-12-4-1-2-5-13(12)15(14)6-3-7-16(11-15)18-8-9-19-16/h1-2,4-5,10H,3,6-9,11H2. The lowest BCUT2D eigenvalue weighted by Gasteiger charge is -2.44. The molecule has 4 rings (SSSR count). The molecule has 1 atom stereocenters. The summed E-state index contributed by atoms with van der Waals surface area (Å²) >= 11 is 3.82. The van der Waals surface area contributed by atoms with Crippen LogP contribution in [0.2, 0.25) is 0 Å². The Morgan fingerprint density at radius 2 is 1.84 bits per heavy atom. The maximum absolute atomic E-state index is 5.96. The van der Waals surface area contributed by atoms with Crippen LogP contribution >= 0.6 is 15.9 Å². The molecule has 3 aliphatic rings. The van der Waals surface area contributed by atoms with E-state index in [0.29, 0.717) is 0 Å². The molecule has 2 fully saturated rings. The molecule has 1 saturated carbocycles. The van der Waals surface area contributed by atoms with Crippen LogP contribution in [0.3, 0.4) is 0 Å². The molecule has 0 bridgehead atoms. The number of hydrogen-bond donors (Lipinski definition) is 0. The molecule has 1 saturated heterocycles. The van der Waals surface area contributed by atoms with Crippen LogP contribution in [0, 0.1) is 0 Å². The average molecular weight is 321 g/mol. The summed E-state index contributed by atoms with van der Waals surface area (Å²) in [6.45, 7) is 1.47. The van der Waals surface area contributed by atoms with Gasteiger partial charge in [-0.15, -0.1) is 0 Å². The van der Waals surface area contributed by atoms with Crippen LogP contribution in [0.15, 0.2) is 28.7 Å². The summed E-state index contributed by atoms with van der Waals surface area (Å²) < 4.78 is 13.2. The van der Waals surface area contributed by atoms with Gasteiger partial charge in [-0.05, 0) is 30.0 Å². The number of halogens is 1. The molecule has 19 heavy (non-hydrogen) atoms. The Labute approximate surface area is 121 Å². The van der Waals surface area contributed by atoms with Gasteiger partial charge in [0.25, 0.3) is 0 Å². The Kier molecular flexibility index (Phi) is 2.66. The molecule has 100 valence electrons. The van der Waals surface area contributed by atoms with E-state index in [9.17, 15) is 0 Å². The van der Waals surface area contributed by atoms with Crippen molar-refractivity contribution in [3.05, 3.63) is 39.9 Å². The number of fused-ring (bicyclic) bond motifs is 2. The highest BCUT2D eigenvalue weighted by Gasteiger charge is 2.52. The van der Waals surface area contributed by atoms with Crippen molar-refractivity contribution in [3.8, 4) is 0 Å². The van der Waals surface area contributed by atoms with Gasteiger partial charge in [0.1, 0.15) is 0 Å². The van der Waals surface area contributed by atoms with E-state index in [1.807, 2.05) is 0 Å². The highest BCUT2D eigenvalue weighted by Crippen LogP contribution is 2.56. The first-order chi connectivity index (χ1) is 9.24. The minimum Gasteiger partial charge on any atom is -0.347 e. The molecular weight excluding hydrogens is 304 g/mol. The van der Waals surface area contributed by atoms with Gasteiger partial charge in [0.05, 0.1) is 13.2 Å². The fourth-order valence-corrected chi connectivity index (χ4v) is 4.73. The van der Waals surface area contributed by atoms with E-state index in [2.05, 4.69) is 46.3 Å². The van der Waals surface area contributed by atoms with Crippen molar-refractivity contribution < 1.29 is 9.47 Å². The molecule has 1 aliphatic heterocycles. The third-order valence-corrected chi connectivity index (χ3v) is 5.75. The van der Waals surface area contributed by atoms with Gasteiger partial charge in [-0.1, -0.05) is 40.2 Å². The molecule has 1 unspecified atom stereocenters. The third kappa shape index (κ3) is 1.68. The highest BCUT2D eigenvalue weighted by molar-refractivity contribution is 9.11. The second kappa shape index (κ2) is 4.18. The molecule has 1 aromatic carbocycles. The predicted molar refractivity (Wildman–Crippen MR) is 78.1 cm³/mol. The number of ether oxygens (including phenoxy) is 2. The fourth-order valence-electron chi connectivity index (χ4n) is 3.94. The Morgan fingerprint density at radius 1 is 1.05 bits per heavy atom. The van der Waals surface area contributed by atoms with Gasteiger partial charge in [0.2, 0.25) is 0 Å². The van der Waals surface area contributed by atoms with Crippen LogP contribution in [-0.2, 0) is 14.9 Å². The van der Waals surface area contributed by atoms with Crippen LogP contribution < -0.4 is 0 Å². The lowest BCUT2D eigenvalue weighted by atomic mass is 9.68. The first-order valence-electron chi connectivity index (χ1n) is 6.99. The molecule has 0 amide bonds. The van der Waals surface area contributed by atoms with E-state index in [4.69, 9.17) is 9.47 Å². The Bertz CT molecular complexity index is 545. The van der Waals surface area contributed by atoms with Gasteiger partial charge in [-0.2, -0.15) is 0 Å². The quantitative estimate of drug-likeness (QED) is 0.719. The maximum atomic E-state index is 5.96. The van der Waals surface area contributed by atoms with Crippen molar-refractivity contribution >= 4 is 22.0 Å². The van der Waals surface area contributed by atoms with E-state index < -0.39 is 0 Å². The number of allylic oxidation sites excluding steroid dienone is 1. The minimum absolute atomic E-state index is 0.0686. The van der Waals surface area contributed by atoms with Gasteiger partial charge in [0, 0.05) is 22.7 Å². The molecule has 1 aromatic rings. The number of hydrogen-bond acceptors (Lipinski definition) is 2. The smallest absolute Gasteiger partial charge is 0.169 e. The maximum Gasteiger partial charge on any atom is 0.169 e. The summed E-state index contributed by atoms with van der Waals surface area (Å²) in [5, 5.41) is 0. The van der Waals surface area contributed by atoms with Crippen molar-refractivity contribution in [2.75, 3.05) is 13.2 Å². The van der Waals surface area contributed by atoms with E-state index in [0.717, 1.165) is 32.5 Å². The van der Waals surface area contributed by atoms with Gasteiger partial charge >= 0.3 is 0 Å². The van der Waals surface area contributed by atoms with Crippen LogP contribution in [-0.4, -0.2) is 19.0 Å². The fraction of sp³-hybridized carbons (Fsp3) is 0.500. The molecule has 3 heteroatoms. The summed E-state index contributed by atoms with van der Waals surface area (Å²) in [6.07, 6.45) is 6.56. The molecule has 2 aliphatic carbocycles. The normalized spacial score (nSPS) is 31.7. The van der Waals surface area contributed by atoms with Crippen LogP contribution in [0.5, 0.6) is 0 Å². The zero-order chi connectivity index (χ0) is 12.9. The Balaban J connectivity index is 1.79. The SMILES string of the molecule is BrC1=Cc2ccccc2C12CCCC1(C2)OCCO1. The molecule has 0 radical (unpaired) electrons. The summed E-state index contributed by atoms with van der Waals surface area (Å²) in [6, 6.07) is 8.70. The van der Waals surface area contributed by atoms with E-state index in [-0.39, 0.29) is 11.2 Å². The first-order valence-corrected chi connectivity index (χ1v) is 7.79. The van der Waals surface area contributed by atoms with Crippen LogP contribution in [0.25, 0.3) is 6.08 Å². The number of rotatable bonds is 0. The minimum atomic E-state index is -0.345. The Hall–Kier alpha value is -0.640. The van der Waals surface area contributed by atoms with E-state index in [1.54, 1.807) is 0 Å². The summed E-state index contributed by atoms with van der Waals surface area (Å²) in [5.74, 6) is -0.345. The van der Waals surface area contributed by atoms with Crippen molar-refractivity contribution in [1.82, 2.24) is 0 Å². The molecule has 1 heterocycles. The second-order valence-electron chi connectivity index (χ2n) is 5.80. The van der Waals surface area contributed by atoms with E-state index >= 15 is 0 Å². The zero-order valence-electron chi connectivity index (χ0n) is 10.8. The van der Waals surface area contributed by atoms with Crippen molar-refractivity contribution in [1.29, 1.82) is 0 Å². The lowest BCUT2D eigenvalue weighted by Crippen LogP contribution is -2.44. The number of benzene rings is 1. The lowest BCUT2D eigenvalue weighted by molar-refractivity contribution is -0.187. The summed E-state index contributed by atoms with van der Waals surface area (Å²) in [7, 11) is 0.